The highest BCUT2D eigenvalue weighted by molar-refractivity contribution is 5.78. The summed E-state index contributed by atoms with van der Waals surface area (Å²) in [6, 6.07) is 0. The molecule has 0 aliphatic rings. The number of esters is 1. The van der Waals surface area contributed by atoms with E-state index in [-0.39, 0.29) is 26.0 Å². The van der Waals surface area contributed by atoms with E-state index in [0.717, 1.165) is 0 Å². The monoisotopic (exact) mass is 269 g/mol. The summed E-state index contributed by atoms with van der Waals surface area (Å²) in [5.74, 6) is -1.68. The van der Waals surface area contributed by atoms with Crippen molar-refractivity contribution in [3.05, 3.63) is 11.4 Å². The van der Waals surface area contributed by atoms with E-state index in [9.17, 15) is 14.4 Å². The summed E-state index contributed by atoms with van der Waals surface area (Å²) in [4.78, 5) is 35.9. The van der Waals surface area contributed by atoms with E-state index in [1.807, 2.05) is 0 Å². The maximum Gasteiger partial charge on any atom is 0.306 e. The smallest absolute Gasteiger partial charge is 0.306 e. The second-order valence-electron chi connectivity index (χ2n) is 4.39. The number of amides is 2. The standard InChI is InChI=1S/C12H19N3O4/c1-9(11(13)18)12(2,14-3)5-4-10(17)19-7-6-15-8-16/h8-9H,4-7H2,1-2H3,(H2,13,18)(H,15,16). The van der Waals surface area contributed by atoms with E-state index >= 15 is 0 Å². The normalized spacial score (nSPS) is 14.6. The molecule has 2 amide bonds. The van der Waals surface area contributed by atoms with E-state index in [2.05, 4.69) is 10.2 Å². The van der Waals surface area contributed by atoms with Crippen LogP contribution in [-0.4, -0.2) is 37.0 Å². The van der Waals surface area contributed by atoms with E-state index < -0.39 is 23.3 Å². The van der Waals surface area contributed by atoms with Crippen LogP contribution >= 0.6 is 0 Å². The van der Waals surface area contributed by atoms with Crippen molar-refractivity contribution in [2.75, 3.05) is 13.2 Å². The molecule has 7 heteroatoms. The summed E-state index contributed by atoms with van der Waals surface area (Å²) in [7, 11) is 0. The van der Waals surface area contributed by atoms with Crippen LogP contribution in [0.2, 0.25) is 0 Å². The van der Waals surface area contributed by atoms with Gasteiger partial charge in [0.25, 0.3) is 0 Å². The molecule has 19 heavy (non-hydrogen) atoms. The van der Waals surface area contributed by atoms with Gasteiger partial charge in [0.15, 0.2) is 0 Å². The number of carbonyl (C=O) groups is 3. The Kier molecular flexibility index (Phi) is 7.19. The first-order chi connectivity index (χ1) is 8.87. The Morgan fingerprint density at radius 3 is 2.68 bits per heavy atom. The van der Waals surface area contributed by atoms with Crippen molar-refractivity contribution in [3.63, 3.8) is 0 Å². The first-order valence-corrected chi connectivity index (χ1v) is 5.88. The third-order valence-electron chi connectivity index (χ3n) is 3.04. The summed E-state index contributed by atoms with van der Waals surface area (Å²) in [5, 5.41) is 2.35. The van der Waals surface area contributed by atoms with Gasteiger partial charge in [0, 0.05) is 13.3 Å². The first-order valence-electron chi connectivity index (χ1n) is 5.88. The zero-order chi connectivity index (χ0) is 14.9. The lowest BCUT2D eigenvalue weighted by Crippen LogP contribution is -2.39. The molecule has 0 rings (SSSR count). The number of hydrogen-bond donors (Lipinski definition) is 2. The van der Waals surface area contributed by atoms with Gasteiger partial charge in [-0.15, -0.1) is 0 Å². The minimum absolute atomic E-state index is 0.0254. The van der Waals surface area contributed by atoms with Crippen molar-refractivity contribution < 1.29 is 19.1 Å². The molecule has 0 radical (unpaired) electrons. The zero-order valence-corrected chi connectivity index (χ0v) is 11.1. The van der Waals surface area contributed by atoms with E-state index in [0.29, 0.717) is 6.41 Å². The lowest BCUT2D eigenvalue weighted by molar-refractivity contribution is -0.144. The lowest BCUT2D eigenvalue weighted by Gasteiger charge is -2.21. The van der Waals surface area contributed by atoms with E-state index in [4.69, 9.17) is 17.0 Å². The Hall–Kier alpha value is -2.10. The summed E-state index contributed by atoms with van der Waals surface area (Å²) in [5.41, 5.74) is 4.17. The fourth-order valence-corrected chi connectivity index (χ4v) is 1.39. The van der Waals surface area contributed by atoms with Crippen molar-refractivity contribution >= 4 is 18.3 Å². The number of hydrogen-bond acceptors (Lipinski definition) is 4. The number of primary amides is 1. The van der Waals surface area contributed by atoms with Crippen molar-refractivity contribution in [2.24, 2.45) is 11.7 Å². The van der Waals surface area contributed by atoms with Crippen LogP contribution in [0, 0.1) is 12.5 Å². The lowest BCUT2D eigenvalue weighted by atomic mass is 9.83. The Bertz CT molecular complexity index is 378. The first kappa shape index (κ1) is 16.9. The summed E-state index contributed by atoms with van der Waals surface area (Å²) < 4.78 is 4.84. The van der Waals surface area contributed by atoms with Crippen LogP contribution in [0.15, 0.2) is 0 Å². The molecule has 0 fully saturated rings. The van der Waals surface area contributed by atoms with Crippen LogP contribution < -0.4 is 11.1 Å². The fourth-order valence-electron chi connectivity index (χ4n) is 1.39. The van der Waals surface area contributed by atoms with Crippen LogP contribution in [0.4, 0.5) is 0 Å². The van der Waals surface area contributed by atoms with Crippen LogP contribution in [0.3, 0.4) is 0 Å². The minimum atomic E-state index is -1.01. The molecule has 0 aromatic carbocycles. The highest BCUT2D eigenvalue weighted by Crippen LogP contribution is 2.27. The van der Waals surface area contributed by atoms with Crippen LogP contribution in [0.5, 0.6) is 0 Å². The van der Waals surface area contributed by atoms with Gasteiger partial charge in [0.1, 0.15) is 12.5 Å². The molecule has 0 aromatic rings. The fraction of sp³-hybridized carbons (Fsp3) is 0.667. The molecule has 2 unspecified atom stereocenters. The molecule has 0 heterocycles. The maximum absolute atomic E-state index is 11.4. The molecule has 0 saturated heterocycles. The number of nitrogens with zero attached hydrogens (tertiary/aromatic N) is 1. The third kappa shape index (κ3) is 5.86. The Morgan fingerprint density at radius 2 is 2.21 bits per heavy atom. The van der Waals surface area contributed by atoms with Crippen LogP contribution in [0.1, 0.15) is 26.7 Å². The Labute approximate surface area is 112 Å². The summed E-state index contributed by atoms with van der Waals surface area (Å²) in [6.45, 7) is 10.6. The predicted molar refractivity (Wildman–Crippen MR) is 67.6 cm³/mol. The molecule has 0 aromatic heterocycles. The molecule has 7 nitrogen and oxygen atoms in total. The van der Waals surface area contributed by atoms with Crippen molar-refractivity contribution in [1.82, 2.24) is 5.32 Å². The average Bonchev–Trinajstić information content (AvgIpc) is 2.40. The highest BCUT2D eigenvalue weighted by atomic mass is 16.5. The number of ether oxygens (including phenoxy) is 1. The zero-order valence-electron chi connectivity index (χ0n) is 11.1. The Balaban J connectivity index is 4.21. The number of nitrogens with one attached hydrogen (secondary N) is 1. The van der Waals surface area contributed by atoms with Gasteiger partial charge in [-0.05, 0) is 6.92 Å². The van der Waals surface area contributed by atoms with Crippen LogP contribution in [-0.2, 0) is 19.1 Å². The van der Waals surface area contributed by atoms with Crippen molar-refractivity contribution in [3.8, 4) is 0 Å². The molecule has 0 aliphatic heterocycles. The summed E-state index contributed by atoms with van der Waals surface area (Å²) >= 11 is 0. The largest absolute Gasteiger partial charge is 0.464 e. The summed E-state index contributed by atoms with van der Waals surface area (Å²) in [6.07, 6.45) is 0.733. The molecular weight excluding hydrogens is 250 g/mol. The third-order valence-corrected chi connectivity index (χ3v) is 3.04. The van der Waals surface area contributed by atoms with Gasteiger partial charge >= 0.3 is 5.97 Å². The molecule has 3 N–H and O–H groups in total. The Morgan fingerprint density at radius 1 is 1.58 bits per heavy atom. The topological polar surface area (TPSA) is 103 Å². The number of nitrogens with two attached hydrogens (primary N) is 1. The van der Waals surface area contributed by atoms with E-state index in [1.54, 1.807) is 13.8 Å². The van der Waals surface area contributed by atoms with Crippen LogP contribution in [0.25, 0.3) is 4.85 Å². The predicted octanol–water partition coefficient (Wildman–Crippen LogP) is -0.145. The maximum atomic E-state index is 11.4. The van der Waals surface area contributed by atoms with Gasteiger partial charge in [-0.25, -0.2) is 6.57 Å². The molecule has 106 valence electrons. The second kappa shape index (κ2) is 8.08. The van der Waals surface area contributed by atoms with Gasteiger partial charge in [0.2, 0.25) is 17.9 Å². The molecule has 0 aliphatic carbocycles. The number of rotatable bonds is 9. The van der Waals surface area contributed by atoms with Gasteiger partial charge in [-0.1, -0.05) is 0 Å². The second-order valence-corrected chi connectivity index (χ2v) is 4.39. The SMILES string of the molecule is [C-]#[N+]C(C)(CCC(=O)OCCNC=O)C(C)C(N)=O. The van der Waals surface area contributed by atoms with Gasteiger partial charge in [0.05, 0.1) is 13.0 Å². The number of carbonyl (C=O) groups excluding carboxylic acids is 3. The average molecular weight is 269 g/mol. The molecule has 2 atom stereocenters. The van der Waals surface area contributed by atoms with E-state index in [1.165, 1.54) is 0 Å². The van der Waals surface area contributed by atoms with Gasteiger partial charge in [-0.3, -0.25) is 14.4 Å². The molecular formula is C12H19N3O4. The van der Waals surface area contributed by atoms with Gasteiger partial charge in [-0.2, -0.15) is 0 Å². The van der Waals surface area contributed by atoms with Crippen molar-refractivity contribution in [2.45, 2.75) is 32.2 Å². The molecule has 0 spiro atoms. The van der Waals surface area contributed by atoms with Gasteiger partial charge < -0.3 is 20.6 Å². The minimum Gasteiger partial charge on any atom is -0.464 e. The van der Waals surface area contributed by atoms with Crippen molar-refractivity contribution in [1.29, 1.82) is 0 Å². The quantitative estimate of drug-likeness (QED) is 0.263. The highest BCUT2D eigenvalue weighted by Gasteiger charge is 2.41. The molecule has 0 saturated carbocycles. The molecule has 0 bridgehead atoms.